The highest BCUT2D eigenvalue weighted by Crippen LogP contribution is 2.33. The quantitative estimate of drug-likeness (QED) is 0.801. The standard InChI is InChI=1S/C16H20ClN3O2/c1-10-12(6-18-19-10)7-20-8-14(16(22)15(20)9-21)11-2-4-13(17)5-3-11/h2-6,14-16,21-22H,7-9H2,1H3,(H,18,19)/t14-,15-,16-/m1/s1. The van der Waals surface area contributed by atoms with Crippen LogP contribution in [0, 0.1) is 6.92 Å². The van der Waals surface area contributed by atoms with E-state index in [-0.39, 0.29) is 18.6 Å². The van der Waals surface area contributed by atoms with Gasteiger partial charge in [-0.15, -0.1) is 0 Å². The van der Waals surface area contributed by atoms with Gasteiger partial charge in [-0.05, 0) is 24.6 Å². The SMILES string of the molecule is Cc1[nH]ncc1CN1C[C@H](c2ccc(Cl)cc2)[C@@H](O)[C@H]1CO. The zero-order valence-electron chi connectivity index (χ0n) is 12.4. The lowest BCUT2D eigenvalue weighted by atomic mass is 9.94. The number of aromatic nitrogens is 2. The van der Waals surface area contributed by atoms with Crippen LogP contribution in [0.2, 0.25) is 5.02 Å². The van der Waals surface area contributed by atoms with E-state index in [4.69, 9.17) is 11.6 Å². The molecule has 1 aromatic carbocycles. The molecule has 5 nitrogen and oxygen atoms in total. The minimum absolute atomic E-state index is 0.0263. The summed E-state index contributed by atoms with van der Waals surface area (Å²) in [6, 6.07) is 7.28. The minimum Gasteiger partial charge on any atom is -0.395 e. The van der Waals surface area contributed by atoms with Crippen LogP contribution in [0.3, 0.4) is 0 Å². The number of aryl methyl sites for hydroxylation is 1. The summed E-state index contributed by atoms with van der Waals surface area (Å²) in [4.78, 5) is 2.11. The first kappa shape index (κ1) is 15.5. The Balaban J connectivity index is 1.80. The summed E-state index contributed by atoms with van der Waals surface area (Å²) < 4.78 is 0. The zero-order chi connectivity index (χ0) is 15.7. The lowest BCUT2D eigenvalue weighted by Crippen LogP contribution is -2.38. The number of aromatic amines is 1. The van der Waals surface area contributed by atoms with Crippen LogP contribution in [0.5, 0.6) is 0 Å². The van der Waals surface area contributed by atoms with Crippen molar-refractivity contribution in [2.24, 2.45) is 0 Å². The van der Waals surface area contributed by atoms with E-state index >= 15 is 0 Å². The van der Waals surface area contributed by atoms with Crippen LogP contribution in [0.1, 0.15) is 22.7 Å². The number of hydrogen-bond donors (Lipinski definition) is 3. The summed E-state index contributed by atoms with van der Waals surface area (Å²) >= 11 is 5.93. The van der Waals surface area contributed by atoms with E-state index < -0.39 is 6.10 Å². The number of hydrogen-bond acceptors (Lipinski definition) is 4. The Morgan fingerprint density at radius 2 is 2.09 bits per heavy atom. The fourth-order valence-electron chi connectivity index (χ4n) is 3.15. The van der Waals surface area contributed by atoms with Gasteiger partial charge in [0.1, 0.15) is 0 Å². The van der Waals surface area contributed by atoms with Gasteiger partial charge in [0.2, 0.25) is 0 Å². The van der Waals surface area contributed by atoms with Crippen LogP contribution in [-0.4, -0.2) is 50.6 Å². The molecule has 3 atom stereocenters. The van der Waals surface area contributed by atoms with Crippen molar-refractivity contribution in [1.29, 1.82) is 0 Å². The first-order valence-corrected chi connectivity index (χ1v) is 7.75. The number of halogens is 1. The summed E-state index contributed by atoms with van der Waals surface area (Å²) in [6.07, 6.45) is 1.20. The third-order valence-electron chi connectivity index (χ3n) is 4.50. The first-order chi connectivity index (χ1) is 10.6. The van der Waals surface area contributed by atoms with E-state index in [1.54, 1.807) is 6.20 Å². The van der Waals surface area contributed by atoms with E-state index in [1.807, 2.05) is 31.2 Å². The highest BCUT2D eigenvalue weighted by atomic mass is 35.5. The predicted molar refractivity (Wildman–Crippen MR) is 84.8 cm³/mol. The van der Waals surface area contributed by atoms with Crippen LogP contribution < -0.4 is 0 Å². The number of nitrogens with zero attached hydrogens (tertiary/aromatic N) is 2. The first-order valence-electron chi connectivity index (χ1n) is 7.37. The van der Waals surface area contributed by atoms with Crippen molar-refractivity contribution in [2.75, 3.05) is 13.2 Å². The van der Waals surface area contributed by atoms with Crippen LogP contribution >= 0.6 is 11.6 Å². The van der Waals surface area contributed by atoms with E-state index in [0.29, 0.717) is 18.1 Å². The minimum atomic E-state index is -0.599. The molecule has 1 aliphatic rings. The Morgan fingerprint density at radius 1 is 1.36 bits per heavy atom. The van der Waals surface area contributed by atoms with Gasteiger partial charge in [-0.25, -0.2) is 0 Å². The molecule has 3 rings (SSSR count). The summed E-state index contributed by atoms with van der Waals surface area (Å²) in [7, 11) is 0. The molecule has 2 aromatic rings. The van der Waals surface area contributed by atoms with Gasteiger partial charge in [-0.2, -0.15) is 5.10 Å². The second kappa shape index (κ2) is 6.38. The fourth-order valence-corrected chi connectivity index (χ4v) is 3.28. The lowest BCUT2D eigenvalue weighted by molar-refractivity contribution is 0.0640. The molecule has 1 fully saturated rings. The van der Waals surface area contributed by atoms with Gasteiger partial charge < -0.3 is 10.2 Å². The average Bonchev–Trinajstić information content (AvgIpc) is 3.04. The number of benzene rings is 1. The molecule has 3 N–H and O–H groups in total. The maximum absolute atomic E-state index is 10.6. The Labute approximate surface area is 134 Å². The normalized spacial score (nSPS) is 25.7. The largest absolute Gasteiger partial charge is 0.395 e. The maximum atomic E-state index is 10.6. The van der Waals surface area contributed by atoms with Crippen LogP contribution in [-0.2, 0) is 6.54 Å². The number of likely N-dealkylation sites (tertiary alicyclic amines) is 1. The molecular formula is C16H20ClN3O2. The molecule has 0 bridgehead atoms. The zero-order valence-corrected chi connectivity index (χ0v) is 13.2. The lowest BCUT2D eigenvalue weighted by Gasteiger charge is -2.23. The average molecular weight is 322 g/mol. The molecular weight excluding hydrogens is 302 g/mol. The molecule has 0 unspecified atom stereocenters. The van der Waals surface area contributed by atoms with E-state index in [1.165, 1.54) is 0 Å². The van der Waals surface area contributed by atoms with Gasteiger partial charge in [0.25, 0.3) is 0 Å². The van der Waals surface area contributed by atoms with Crippen LogP contribution in [0.4, 0.5) is 0 Å². The van der Waals surface area contributed by atoms with Gasteiger partial charge in [0.05, 0.1) is 24.9 Å². The number of H-pyrrole nitrogens is 1. The van der Waals surface area contributed by atoms with Gasteiger partial charge >= 0.3 is 0 Å². The molecule has 0 amide bonds. The third kappa shape index (κ3) is 2.90. The molecule has 6 heteroatoms. The second-order valence-electron chi connectivity index (χ2n) is 5.85. The smallest absolute Gasteiger partial charge is 0.0798 e. The van der Waals surface area contributed by atoms with Crippen molar-refractivity contribution in [3.8, 4) is 0 Å². The summed E-state index contributed by atoms with van der Waals surface area (Å²) in [5.41, 5.74) is 3.14. The van der Waals surface area contributed by atoms with Crippen molar-refractivity contribution in [2.45, 2.75) is 31.5 Å². The number of aliphatic hydroxyl groups is 2. The second-order valence-corrected chi connectivity index (χ2v) is 6.28. The maximum Gasteiger partial charge on any atom is 0.0798 e. The van der Waals surface area contributed by atoms with Gasteiger partial charge in [-0.3, -0.25) is 10.00 Å². The molecule has 0 saturated carbocycles. The summed E-state index contributed by atoms with van der Waals surface area (Å²) in [5.74, 6) is -0.0263. The molecule has 2 heterocycles. The summed E-state index contributed by atoms with van der Waals surface area (Å²) in [6.45, 7) is 3.26. The van der Waals surface area contributed by atoms with Crippen molar-refractivity contribution in [1.82, 2.24) is 15.1 Å². The van der Waals surface area contributed by atoms with Crippen LogP contribution in [0.15, 0.2) is 30.5 Å². The number of aliphatic hydroxyl groups excluding tert-OH is 2. The van der Waals surface area contributed by atoms with Gasteiger partial charge in [0, 0.05) is 35.3 Å². The van der Waals surface area contributed by atoms with Crippen molar-refractivity contribution < 1.29 is 10.2 Å². The fraction of sp³-hybridized carbons (Fsp3) is 0.438. The summed E-state index contributed by atoms with van der Waals surface area (Å²) in [5, 5.41) is 27.9. The number of nitrogens with one attached hydrogen (secondary N) is 1. The predicted octanol–water partition coefficient (Wildman–Crippen LogP) is 1.69. The molecule has 1 aliphatic heterocycles. The Morgan fingerprint density at radius 3 is 2.68 bits per heavy atom. The molecule has 1 saturated heterocycles. The Bertz CT molecular complexity index is 629. The van der Waals surface area contributed by atoms with Crippen molar-refractivity contribution in [3.05, 3.63) is 52.3 Å². The van der Waals surface area contributed by atoms with E-state index in [2.05, 4.69) is 15.1 Å². The number of rotatable bonds is 4. The van der Waals surface area contributed by atoms with Crippen molar-refractivity contribution in [3.63, 3.8) is 0 Å². The Kier molecular flexibility index (Phi) is 4.49. The topological polar surface area (TPSA) is 72.4 Å². The van der Waals surface area contributed by atoms with Gasteiger partial charge in [0.15, 0.2) is 0 Å². The van der Waals surface area contributed by atoms with E-state index in [9.17, 15) is 10.2 Å². The highest BCUT2D eigenvalue weighted by molar-refractivity contribution is 6.30. The van der Waals surface area contributed by atoms with Crippen molar-refractivity contribution >= 4 is 11.6 Å². The Hall–Kier alpha value is -1.40. The molecule has 118 valence electrons. The van der Waals surface area contributed by atoms with E-state index in [0.717, 1.165) is 16.8 Å². The highest BCUT2D eigenvalue weighted by Gasteiger charge is 2.41. The van der Waals surface area contributed by atoms with Gasteiger partial charge in [-0.1, -0.05) is 23.7 Å². The third-order valence-corrected chi connectivity index (χ3v) is 4.75. The molecule has 1 aromatic heterocycles. The van der Waals surface area contributed by atoms with Crippen LogP contribution in [0.25, 0.3) is 0 Å². The molecule has 0 aliphatic carbocycles. The molecule has 22 heavy (non-hydrogen) atoms. The monoisotopic (exact) mass is 321 g/mol. The molecule has 0 spiro atoms. The molecule has 0 radical (unpaired) electrons.